The summed E-state index contributed by atoms with van der Waals surface area (Å²) in [5.41, 5.74) is 1.06. The smallest absolute Gasteiger partial charge is 0.270 e. The first-order valence-electron chi connectivity index (χ1n) is 5.86. The molecule has 2 aromatic heterocycles. The Morgan fingerprint density at radius 3 is 3.00 bits per heavy atom. The first-order chi connectivity index (χ1) is 9.15. The molecule has 0 aliphatic rings. The minimum Gasteiger partial charge on any atom is -0.270 e. The molecule has 0 aliphatic heterocycles. The number of pyridine rings is 1. The topological polar surface area (TPSA) is 87.4 Å². The van der Waals surface area contributed by atoms with Gasteiger partial charge in [-0.15, -0.1) is 5.10 Å². The summed E-state index contributed by atoms with van der Waals surface area (Å²) in [4.78, 5) is 15.9. The Labute approximate surface area is 114 Å². The maximum Gasteiger partial charge on any atom is 0.343 e. The quantitative estimate of drug-likeness (QED) is 0.917. The van der Waals surface area contributed by atoms with Crippen LogP contribution in [0.2, 0.25) is 0 Å². The highest BCUT2D eigenvalue weighted by Gasteiger charge is 2.13. The van der Waals surface area contributed by atoms with Gasteiger partial charge in [0.05, 0.1) is 5.56 Å². The van der Waals surface area contributed by atoms with Gasteiger partial charge in [0, 0.05) is 12.2 Å². The molecule has 0 fully saturated rings. The van der Waals surface area contributed by atoms with E-state index in [0.29, 0.717) is 22.3 Å². The van der Waals surface area contributed by atoms with Gasteiger partial charge in [-0.1, -0.05) is 6.92 Å². The molecule has 0 saturated heterocycles. The van der Waals surface area contributed by atoms with Crippen LogP contribution in [0.25, 0.3) is 0 Å². The molecule has 7 heteroatoms. The van der Waals surface area contributed by atoms with Crippen molar-refractivity contribution in [2.45, 2.75) is 37.0 Å². The predicted octanol–water partition coefficient (Wildman–Crippen LogP) is 1.71. The maximum absolute atomic E-state index is 11.6. The molecule has 19 heavy (non-hydrogen) atoms. The second-order valence-corrected chi connectivity index (χ2v) is 4.94. The van der Waals surface area contributed by atoms with E-state index in [1.165, 1.54) is 11.8 Å². The van der Waals surface area contributed by atoms with E-state index in [1.54, 1.807) is 16.7 Å². The van der Waals surface area contributed by atoms with Gasteiger partial charge in [-0.25, -0.2) is 14.9 Å². The molecule has 0 aromatic carbocycles. The number of aryl methyl sites for hydroxylation is 1. The molecular weight excluding hydrogens is 262 g/mol. The van der Waals surface area contributed by atoms with E-state index in [0.717, 1.165) is 12.1 Å². The number of nitrogens with one attached hydrogen (secondary N) is 1. The minimum absolute atomic E-state index is 0.240. The molecular formula is C12H13N5OS. The molecule has 2 aromatic rings. The summed E-state index contributed by atoms with van der Waals surface area (Å²) in [6, 6.07) is 5.60. The van der Waals surface area contributed by atoms with Crippen LogP contribution < -0.4 is 5.69 Å². The van der Waals surface area contributed by atoms with Crippen molar-refractivity contribution in [2.75, 3.05) is 0 Å². The van der Waals surface area contributed by atoms with Crippen molar-refractivity contribution in [1.82, 2.24) is 19.7 Å². The molecule has 0 atom stereocenters. The molecule has 1 N–H and O–H groups in total. The number of nitriles is 1. The molecule has 6 nitrogen and oxygen atoms in total. The zero-order valence-corrected chi connectivity index (χ0v) is 11.5. The van der Waals surface area contributed by atoms with Crippen LogP contribution in [0.4, 0.5) is 0 Å². The van der Waals surface area contributed by atoms with Crippen molar-refractivity contribution >= 4 is 11.8 Å². The Bertz CT molecular complexity index is 682. The van der Waals surface area contributed by atoms with Crippen molar-refractivity contribution in [3.05, 3.63) is 33.9 Å². The van der Waals surface area contributed by atoms with E-state index in [9.17, 15) is 4.79 Å². The van der Waals surface area contributed by atoms with Crippen molar-refractivity contribution in [2.24, 2.45) is 0 Å². The molecule has 0 amide bonds. The van der Waals surface area contributed by atoms with Gasteiger partial charge in [0.2, 0.25) is 0 Å². The van der Waals surface area contributed by atoms with E-state index in [4.69, 9.17) is 5.26 Å². The number of hydrogen-bond donors (Lipinski definition) is 1. The van der Waals surface area contributed by atoms with Crippen LogP contribution in [0.1, 0.15) is 24.6 Å². The lowest BCUT2D eigenvalue weighted by molar-refractivity contribution is 0.603. The Morgan fingerprint density at radius 2 is 2.32 bits per heavy atom. The van der Waals surface area contributed by atoms with Crippen molar-refractivity contribution in [3.8, 4) is 6.07 Å². The van der Waals surface area contributed by atoms with Gasteiger partial charge in [-0.05, 0) is 37.2 Å². The highest BCUT2D eigenvalue weighted by Crippen LogP contribution is 2.26. The van der Waals surface area contributed by atoms with Gasteiger partial charge in [-0.3, -0.25) is 4.57 Å². The van der Waals surface area contributed by atoms with Crippen LogP contribution in [0.3, 0.4) is 0 Å². The molecule has 0 aliphatic carbocycles. The lowest BCUT2D eigenvalue weighted by Gasteiger charge is -2.05. The number of hydrogen-bond acceptors (Lipinski definition) is 5. The Kier molecular flexibility index (Phi) is 4.02. The number of rotatable bonds is 4. The normalized spacial score (nSPS) is 10.4. The van der Waals surface area contributed by atoms with Gasteiger partial charge >= 0.3 is 5.69 Å². The monoisotopic (exact) mass is 275 g/mol. The summed E-state index contributed by atoms with van der Waals surface area (Å²) in [7, 11) is 0. The third-order valence-corrected chi connectivity index (χ3v) is 3.48. The van der Waals surface area contributed by atoms with Crippen LogP contribution in [-0.4, -0.2) is 19.7 Å². The number of nitrogens with zero attached hydrogens (tertiary/aromatic N) is 4. The average molecular weight is 275 g/mol. The Balaban J connectivity index is 2.39. The fourth-order valence-electron chi connectivity index (χ4n) is 1.58. The lowest BCUT2D eigenvalue weighted by atomic mass is 10.3. The summed E-state index contributed by atoms with van der Waals surface area (Å²) in [6.45, 7) is 4.43. The summed E-state index contributed by atoms with van der Waals surface area (Å²) in [5, 5.41) is 16.6. The zero-order valence-electron chi connectivity index (χ0n) is 10.7. The Hall–Kier alpha value is -2.07. The molecule has 2 rings (SSSR count). The number of aromatic nitrogens is 4. The fraction of sp³-hybridized carbons (Fsp3) is 0.333. The first kappa shape index (κ1) is 13.4. The second-order valence-electron chi connectivity index (χ2n) is 3.98. The zero-order chi connectivity index (χ0) is 13.8. The minimum atomic E-state index is -0.240. The van der Waals surface area contributed by atoms with Gasteiger partial charge in [0.1, 0.15) is 11.1 Å². The molecule has 0 bridgehead atoms. The van der Waals surface area contributed by atoms with Gasteiger partial charge in [-0.2, -0.15) is 5.26 Å². The molecule has 98 valence electrons. The highest BCUT2D eigenvalue weighted by atomic mass is 32.2. The Morgan fingerprint density at radius 1 is 1.53 bits per heavy atom. The van der Waals surface area contributed by atoms with Crippen LogP contribution in [0, 0.1) is 18.3 Å². The van der Waals surface area contributed by atoms with Crippen LogP contribution in [-0.2, 0) is 6.54 Å². The third-order valence-electron chi connectivity index (χ3n) is 2.48. The summed E-state index contributed by atoms with van der Waals surface area (Å²) < 4.78 is 1.55. The van der Waals surface area contributed by atoms with E-state index in [-0.39, 0.29) is 5.69 Å². The second kappa shape index (κ2) is 5.71. The van der Waals surface area contributed by atoms with Crippen molar-refractivity contribution < 1.29 is 0 Å². The van der Waals surface area contributed by atoms with E-state index >= 15 is 0 Å². The maximum atomic E-state index is 11.6. The van der Waals surface area contributed by atoms with Gasteiger partial charge < -0.3 is 0 Å². The standard InChI is InChI=1S/C12H13N5OS/c1-3-6-17-11(18)15-16-12(17)19-10-9(7-13)5-4-8(2)14-10/h4-5H,3,6H2,1-2H3,(H,15,18). The van der Waals surface area contributed by atoms with Gasteiger partial charge in [0.15, 0.2) is 5.16 Å². The average Bonchev–Trinajstić information content (AvgIpc) is 2.72. The lowest BCUT2D eigenvalue weighted by Crippen LogP contribution is -2.17. The molecule has 2 heterocycles. The molecule has 0 saturated carbocycles. The van der Waals surface area contributed by atoms with Crippen molar-refractivity contribution in [1.29, 1.82) is 5.26 Å². The largest absolute Gasteiger partial charge is 0.343 e. The summed E-state index contributed by atoms with van der Waals surface area (Å²) >= 11 is 1.23. The highest BCUT2D eigenvalue weighted by molar-refractivity contribution is 7.99. The van der Waals surface area contributed by atoms with Crippen LogP contribution >= 0.6 is 11.8 Å². The van der Waals surface area contributed by atoms with Crippen LogP contribution in [0.15, 0.2) is 27.1 Å². The van der Waals surface area contributed by atoms with E-state index < -0.39 is 0 Å². The summed E-state index contributed by atoms with van der Waals surface area (Å²) in [6.07, 6.45) is 0.833. The molecule has 0 radical (unpaired) electrons. The van der Waals surface area contributed by atoms with Gasteiger partial charge in [0.25, 0.3) is 0 Å². The predicted molar refractivity (Wildman–Crippen MR) is 71.0 cm³/mol. The van der Waals surface area contributed by atoms with Crippen LogP contribution in [0.5, 0.6) is 0 Å². The molecule has 0 unspecified atom stereocenters. The number of aromatic amines is 1. The van der Waals surface area contributed by atoms with E-state index in [1.807, 2.05) is 13.8 Å². The summed E-state index contributed by atoms with van der Waals surface area (Å²) in [5.74, 6) is 0. The number of H-pyrrole nitrogens is 1. The first-order valence-corrected chi connectivity index (χ1v) is 6.68. The fourth-order valence-corrected chi connectivity index (χ4v) is 2.55. The van der Waals surface area contributed by atoms with E-state index in [2.05, 4.69) is 21.3 Å². The third kappa shape index (κ3) is 2.85. The SMILES string of the molecule is CCCn1c(Sc2nc(C)ccc2C#N)n[nH]c1=O. The van der Waals surface area contributed by atoms with Crippen molar-refractivity contribution in [3.63, 3.8) is 0 Å². The molecule has 0 spiro atoms.